The molecule has 0 N–H and O–H groups in total. The summed E-state index contributed by atoms with van der Waals surface area (Å²) in [7, 11) is 0. The minimum atomic E-state index is -0.0703. The van der Waals surface area contributed by atoms with Crippen molar-refractivity contribution in [3.05, 3.63) is 168 Å². The molecule has 0 radical (unpaired) electrons. The quantitative estimate of drug-likeness (QED) is 0.176. The van der Waals surface area contributed by atoms with Gasteiger partial charge in [-0.05, 0) is 96.6 Å². The molecule has 0 aromatic heterocycles. The van der Waals surface area contributed by atoms with Gasteiger partial charge in [-0.25, -0.2) is 0 Å². The Bertz CT molecular complexity index is 2620. The van der Waals surface area contributed by atoms with Crippen molar-refractivity contribution >= 4 is 43.7 Å². The van der Waals surface area contributed by atoms with Gasteiger partial charge in [0.25, 0.3) is 0 Å². The topological polar surface area (TPSA) is 3.24 Å². The zero-order chi connectivity index (χ0) is 32.7. The van der Waals surface area contributed by atoms with Crippen LogP contribution in [-0.4, -0.2) is 6.54 Å². The van der Waals surface area contributed by atoms with E-state index in [0.29, 0.717) is 0 Å². The van der Waals surface area contributed by atoms with Crippen molar-refractivity contribution in [1.82, 2.24) is 0 Å². The first-order valence-electron chi connectivity index (χ1n) is 17.7. The molecule has 49 heavy (non-hydrogen) atoms. The lowest BCUT2D eigenvalue weighted by molar-refractivity contribution is 0.660. The van der Waals surface area contributed by atoms with Crippen LogP contribution >= 0.6 is 0 Å². The largest absolute Gasteiger partial charge is 0.340 e. The van der Waals surface area contributed by atoms with E-state index >= 15 is 0 Å². The Morgan fingerprint density at radius 1 is 0.490 bits per heavy atom. The molecule has 1 nitrogen and oxygen atoms in total. The number of aryl methyl sites for hydroxylation is 1. The van der Waals surface area contributed by atoms with E-state index in [2.05, 4.69) is 170 Å². The monoisotopic (exact) mass is 627 g/mol. The van der Waals surface area contributed by atoms with Crippen LogP contribution < -0.4 is 4.90 Å². The van der Waals surface area contributed by atoms with Gasteiger partial charge in [0.1, 0.15) is 0 Å². The number of anilines is 2. The molecule has 0 unspecified atom stereocenters. The highest BCUT2D eigenvalue weighted by Gasteiger charge is 2.37. The van der Waals surface area contributed by atoms with Gasteiger partial charge in [-0.3, -0.25) is 0 Å². The lowest BCUT2D eigenvalue weighted by Gasteiger charge is -2.34. The van der Waals surface area contributed by atoms with E-state index in [1.165, 1.54) is 93.8 Å². The normalized spacial score (nSPS) is 14.6. The van der Waals surface area contributed by atoms with Crippen LogP contribution in [0.1, 0.15) is 37.0 Å². The second kappa shape index (κ2) is 10.7. The molecule has 1 heterocycles. The summed E-state index contributed by atoms with van der Waals surface area (Å²) in [6.07, 6.45) is 2.26. The molecule has 10 rings (SSSR count). The summed E-state index contributed by atoms with van der Waals surface area (Å²) < 4.78 is 0. The van der Waals surface area contributed by atoms with E-state index in [-0.39, 0.29) is 5.41 Å². The average molecular weight is 628 g/mol. The van der Waals surface area contributed by atoms with Gasteiger partial charge in [0, 0.05) is 28.4 Å². The third kappa shape index (κ3) is 4.12. The zero-order valence-electron chi connectivity index (χ0n) is 28.0. The zero-order valence-corrected chi connectivity index (χ0v) is 28.0. The van der Waals surface area contributed by atoms with Crippen LogP contribution in [0.2, 0.25) is 0 Å². The van der Waals surface area contributed by atoms with Gasteiger partial charge in [-0.2, -0.15) is 0 Å². The van der Waals surface area contributed by atoms with Crippen LogP contribution in [0.15, 0.2) is 152 Å². The number of nitrogens with zero attached hydrogens (tertiary/aromatic N) is 1. The molecule has 0 saturated carbocycles. The second-order valence-electron chi connectivity index (χ2n) is 14.3. The third-order valence-corrected chi connectivity index (χ3v) is 11.4. The molecule has 0 saturated heterocycles. The highest BCUT2D eigenvalue weighted by Crippen LogP contribution is 2.55. The number of hydrogen-bond donors (Lipinski definition) is 0. The van der Waals surface area contributed by atoms with Gasteiger partial charge < -0.3 is 4.90 Å². The molecule has 8 aromatic rings. The van der Waals surface area contributed by atoms with Crippen molar-refractivity contribution < 1.29 is 0 Å². The molecule has 0 amide bonds. The molecule has 8 aromatic carbocycles. The highest BCUT2D eigenvalue weighted by molar-refractivity contribution is 6.23. The Hall–Kier alpha value is -5.66. The summed E-state index contributed by atoms with van der Waals surface area (Å²) in [6.45, 7) is 5.77. The third-order valence-electron chi connectivity index (χ3n) is 11.4. The fourth-order valence-corrected chi connectivity index (χ4v) is 9.11. The van der Waals surface area contributed by atoms with Gasteiger partial charge in [-0.15, -0.1) is 0 Å². The van der Waals surface area contributed by atoms with Crippen molar-refractivity contribution in [1.29, 1.82) is 0 Å². The van der Waals surface area contributed by atoms with Crippen molar-refractivity contribution in [3.63, 3.8) is 0 Å². The summed E-state index contributed by atoms with van der Waals surface area (Å²) in [4.78, 5) is 2.61. The van der Waals surface area contributed by atoms with E-state index in [1.807, 2.05) is 0 Å². The number of para-hydroxylation sites is 1. The Labute approximate surface area is 288 Å². The number of rotatable bonds is 3. The van der Waals surface area contributed by atoms with Gasteiger partial charge >= 0.3 is 0 Å². The van der Waals surface area contributed by atoms with E-state index in [0.717, 1.165) is 19.4 Å². The maximum absolute atomic E-state index is 2.61. The predicted molar refractivity (Wildman–Crippen MR) is 209 cm³/mol. The molecule has 2 aliphatic rings. The van der Waals surface area contributed by atoms with Crippen LogP contribution in [0.25, 0.3) is 65.7 Å². The molecule has 1 heteroatoms. The van der Waals surface area contributed by atoms with Gasteiger partial charge in [-0.1, -0.05) is 153 Å². The fraction of sp³-hybridized carbons (Fsp3) is 0.125. The standard InChI is InChI=1S/C48H37N/c1-48(2)42-24-9-8-21-39(42)46-40(23-12-25-43(46)48)45-36-19-6-7-20-37(36)47(49-29-13-17-32-15-4-10-26-44(32)49)38-28-27-33(30-41(38)45)35-22-11-16-31-14-3-5-18-34(31)35/h3-12,14-16,18-28,30H,13,17,29H2,1-2H3. The van der Waals surface area contributed by atoms with E-state index in [9.17, 15) is 0 Å². The molecule has 1 aliphatic heterocycles. The van der Waals surface area contributed by atoms with Crippen LogP contribution in [0.3, 0.4) is 0 Å². The Kier molecular flexibility index (Phi) is 6.18. The number of hydrogen-bond acceptors (Lipinski definition) is 1. The molecular formula is C48H37N. The first kappa shape index (κ1) is 28.4. The van der Waals surface area contributed by atoms with Crippen LogP contribution in [-0.2, 0) is 11.8 Å². The molecule has 0 bridgehead atoms. The van der Waals surface area contributed by atoms with Gasteiger partial charge in [0.2, 0.25) is 0 Å². The Morgan fingerprint density at radius 2 is 1.14 bits per heavy atom. The van der Waals surface area contributed by atoms with Gasteiger partial charge in [0.05, 0.1) is 5.69 Å². The summed E-state index contributed by atoms with van der Waals surface area (Å²) in [5.41, 5.74) is 14.7. The second-order valence-corrected chi connectivity index (χ2v) is 14.3. The molecule has 1 aliphatic carbocycles. The summed E-state index contributed by atoms with van der Waals surface area (Å²) in [5, 5.41) is 7.77. The molecule has 0 fully saturated rings. The molecular weight excluding hydrogens is 591 g/mol. The first-order chi connectivity index (χ1) is 24.1. The first-order valence-corrected chi connectivity index (χ1v) is 17.7. The lowest BCUT2D eigenvalue weighted by Crippen LogP contribution is -2.25. The van der Waals surface area contributed by atoms with E-state index in [1.54, 1.807) is 0 Å². The maximum Gasteiger partial charge on any atom is 0.0570 e. The highest BCUT2D eigenvalue weighted by atomic mass is 15.1. The summed E-state index contributed by atoms with van der Waals surface area (Å²) in [6, 6.07) is 56.9. The Balaban J connectivity index is 1.36. The number of fused-ring (bicyclic) bond motifs is 7. The van der Waals surface area contributed by atoms with Crippen LogP contribution in [0.5, 0.6) is 0 Å². The molecule has 234 valence electrons. The van der Waals surface area contributed by atoms with E-state index in [4.69, 9.17) is 0 Å². The summed E-state index contributed by atoms with van der Waals surface area (Å²) in [5.74, 6) is 0. The maximum atomic E-state index is 2.61. The average Bonchev–Trinajstić information content (AvgIpc) is 3.39. The lowest BCUT2D eigenvalue weighted by atomic mass is 9.81. The number of benzene rings is 8. The van der Waals surface area contributed by atoms with Crippen molar-refractivity contribution in [2.75, 3.05) is 11.4 Å². The van der Waals surface area contributed by atoms with Crippen molar-refractivity contribution in [2.24, 2.45) is 0 Å². The SMILES string of the molecule is CC1(C)c2ccccc2-c2c(-c3c4ccccc4c(N4CCCc5ccccc54)c4ccc(-c5cccc6ccccc56)cc34)cccc21. The minimum absolute atomic E-state index is 0.0703. The minimum Gasteiger partial charge on any atom is -0.340 e. The van der Waals surface area contributed by atoms with Crippen molar-refractivity contribution in [3.8, 4) is 33.4 Å². The van der Waals surface area contributed by atoms with Gasteiger partial charge in [0.15, 0.2) is 0 Å². The smallest absolute Gasteiger partial charge is 0.0570 e. The molecule has 0 atom stereocenters. The van der Waals surface area contributed by atoms with Crippen LogP contribution in [0, 0.1) is 0 Å². The fourth-order valence-electron chi connectivity index (χ4n) is 9.11. The Morgan fingerprint density at radius 3 is 2.06 bits per heavy atom. The summed E-state index contributed by atoms with van der Waals surface area (Å²) >= 11 is 0. The van der Waals surface area contributed by atoms with Crippen LogP contribution in [0.4, 0.5) is 11.4 Å². The molecule has 0 spiro atoms. The predicted octanol–water partition coefficient (Wildman–Crippen LogP) is 12.9. The van der Waals surface area contributed by atoms with E-state index < -0.39 is 0 Å². The van der Waals surface area contributed by atoms with Crippen molar-refractivity contribution in [2.45, 2.75) is 32.1 Å².